The van der Waals surface area contributed by atoms with Crippen LogP contribution < -0.4 is 0 Å². The Kier molecular flexibility index (Phi) is 6.60. The van der Waals surface area contributed by atoms with E-state index in [0.29, 0.717) is 0 Å². The van der Waals surface area contributed by atoms with Gasteiger partial charge in [-0.25, -0.2) is 0 Å². The molecule has 0 saturated carbocycles. The second-order valence-electron chi connectivity index (χ2n) is 5.74. The first-order chi connectivity index (χ1) is 11.7. The van der Waals surface area contributed by atoms with Crippen molar-refractivity contribution < 1.29 is 4.79 Å². The van der Waals surface area contributed by atoms with Crippen LogP contribution in [0.4, 0.5) is 0 Å². The Hall–Kier alpha value is -1.01. The van der Waals surface area contributed by atoms with Crippen molar-refractivity contribution in [3.05, 3.63) is 51.7 Å². The molecule has 0 N–H and O–H groups in total. The van der Waals surface area contributed by atoms with Gasteiger partial charge in [0.25, 0.3) is 5.91 Å². The highest BCUT2D eigenvalue weighted by atomic mass is 35.5. The van der Waals surface area contributed by atoms with Crippen LogP contribution in [0.25, 0.3) is 0 Å². The van der Waals surface area contributed by atoms with Crippen molar-refractivity contribution >= 4 is 40.6 Å². The number of amides is 1. The van der Waals surface area contributed by atoms with E-state index in [4.69, 9.17) is 11.6 Å². The molecule has 24 heavy (non-hydrogen) atoms. The maximum absolute atomic E-state index is 12.3. The number of piperazine rings is 1. The molecule has 2 aromatic rings. The van der Waals surface area contributed by atoms with Crippen molar-refractivity contribution in [1.29, 1.82) is 0 Å². The van der Waals surface area contributed by atoms with Gasteiger partial charge in [0.1, 0.15) is 0 Å². The summed E-state index contributed by atoms with van der Waals surface area (Å²) < 4.78 is 0. The number of nitrogens with zero attached hydrogens (tertiary/aromatic N) is 2. The predicted molar refractivity (Wildman–Crippen MR) is 103 cm³/mol. The van der Waals surface area contributed by atoms with Gasteiger partial charge < -0.3 is 4.90 Å². The van der Waals surface area contributed by atoms with E-state index < -0.39 is 0 Å². The molecule has 0 spiro atoms. The molecule has 0 unspecified atom stereocenters. The van der Waals surface area contributed by atoms with Gasteiger partial charge in [-0.2, -0.15) is 0 Å². The normalized spacial score (nSPS) is 15.6. The lowest BCUT2D eigenvalue weighted by atomic mass is 10.3. The number of hydrogen-bond donors (Lipinski definition) is 0. The fraction of sp³-hybridized carbons (Fsp3) is 0.389. The summed E-state index contributed by atoms with van der Waals surface area (Å²) in [5.74, 6) is 1.25. The average molecular weight is 381 g/mol. The zero-order valence-corrected chi connectivity index (χ0v) is 15.9. The van der Waals surface area contributed by atoms with Crippen LogP contribution in [-0.2, 0) is 0 Å². The lowest BCUT2D eigenvalue weighted by molar-refractivity contribution is 0.0642. The minimum atomic E-state index is 0.180. The number of halogens is 1. The predicted octanol–water partition coefficient (Wildman–Crippen LogP) is 4.34. The molecule has 1 amide bonds. The molecule has 1 aliphatic rings. The van der Waals surface area contributed by atoms with Gasteiger partial charge in [0.05, 0.1) is 9.90 Å². The van der Waals surface area contributed by atoms with Crippen LogP contribution in [0.5, 0.6) is 0 Å². The Labute approximate surface area is 156 Å². The molecular weight excluding hydrogens is 360 g/mol. The van der Waals surface area contributed by atoms with Crippen molar-refractivity contribution in [2.45, 2.75) is 11.3 Å². The smallest absolute Gasteiger partial charge is 0.264 e. The molecule has 0 aliphatic carbocycles. The van der Waals surface area contributed by atoms with E-state index in [1.165, 1.54) is 11.3 Å². The first-order valence-electron chi connectivity index (χ1n) is 8.16. The van der Waals surface area contributed by atoms with Crippen molar-refractivity contribution in [2.75, 3.05) is 38.5 Å². The summed E-state index contributed by atoms with van der Waals surface area (Å²) in [5, 5.41) is 2.79. The first-order valence-corrected chi connectivity index (χ1v) is 10.4. The molecule has 3 nitrogen and oxygen atoms in total. The highest BCUT2D eigenvalue weighted by Crippen LogP contribution is 2.27. The molecule has 0 bridgehead atoms. The van der Waals surface area contributed by atoms with Gasteiger partial charge in [-0.3, -0.25) is 9.69 Å². The quantitative estimate of drug-likeness (QED) is 0.550. The van der Waals surface area contributed by atoms with Crippen LogP contribution in [0.3, 0.4) is 0 Å². The molecule has 1 aromatic heterocycles. The van der Waals surface area contributed by atoms with E-state index in [2.05, 4.69) is 11.0 Å². The molecule has 1 saturated heterocycles. The number of carbonyl (C=O) groups is 1. The second kappa shape index (κ2) is 8.90. The van der Waals surface area contributed by atoms with E-state index in [-0.39, 0.29) is 5.91 Å². The average Bonchev–Trinajstić information content (AvgIpc) is 3.15. The van der Waals surface area contributed by atoms with Gasteiger partial charge in [0, 0.05) is 31.1 Å². The summed E-state index contributed by atoms with van der Waals surface area (Å²) in [6.07, 6.45) is 1.13. The molecule has 6 heteroatoms. The van der Waals surface area contributed by atoms with Crippen LogP contribution in [0, 0.1) is 0 Å². The highest BCUT2D eigenvalue weighted by molar-refractivity contribution is 7.99. The summed E-state index contributed by atoms with van der Waals surface area (Å²) in [5.41, 5.74) is 0. The van der Waals surface area contributed by atoms with Gasteiger partial charge in [-0.05, 0) is 42.3 Å². The number of benzene rings is 1. The molecule has 1 aliphatic heterocycles. The Morgan fingerprint density at radius 2 is 1.92 bits per heavy atom. The van der Waals surface area contributed by atoms with Crippen molar-refractivity contribution in [3.8, 4) is 0 Å². The number of rotatable bonds is 6. The molecular formula is C18H21ClN2OS2. The van der Waals surface area contributed by atoms with Crippen LogP contribution in [0.2, 0.25) is 5.02 Å². The van der Waals surface area contributed by atoms with Crippen LogP contribution in [-0.4, -0.2) is 54.2 Å². The van der Waals surface area contributed by atoms with Crippen molar-refractivity contribution in [3.63, 3.8) is 0 Å². The van der Waals surface area contributed by atoms with Gasteiger partial charge in [0.15, 0.2) is 0 Å². The molecule has 1 fully saturated rings. The second-order valence-corrected chi connectivity index (χ2v) is 8.24. The molecule has 3 rings (SSSR count). The maximum atomic E-state index is 12.3. The molecule has 0 radical (unpaired) electrons. The Bertz CT molecular complexity index is 655. The van der Waals surface area contributed by atoms with E-state index >= 15 is 0 Å². The monoisotopic (exact) mass is 380 g/mol. The minimum Gasteiger partial charge on any atom is -0.335 e. The molecule has 1 aromatic carbocycles. The van der Waals surface area contributed by atoms with E-state index in [0.717, 1.165) is 59.7 Å². The lowest BCUT2D eigenvalue weighted by Gasteiger charge is -2.34. The number of thiophene rings is 1. The summed E-state index contributed by atoms with van der Waals surface area (Å²) in [7, 11) is 0. The summed E-state index contributed by atoms with van der Waals surface area (Å²) in [4.78, 5) is 18.7. The Balaban J connectivity index is 1.35. The van der Waals surface area contributed by atoms with E-state index in [1.807, 2.05) is 52.4 Å². The maximum Gasteiger partial charge on any atom is 0.264 e. The lowest BCUT2D eigenvalue weighted by Crippen LogP contribution is -2.48. The first kappa shape index (κ1) is 17.8. The van der Waals surface area contributed by atoms with Crippen LogP contribution >= 0.6 is 34.7 Å². The molecule has 2 heterocycles. The zero-order chi connectivity index (χ0) is 16.8. The zero-order valence-electron chi connectivity index (χ0n) is 13.5. The number of carbonyl (C=O) groups excluding carboxylic acids is 1. The largest absolute Gasteiger partial charge is 0.335 e. The van der Waals surface area contributed by atoms with Gasteiger partial charge >= 0.3 is 0 Å². The standard InChI is InChI=1S/C18H21ClN2OS2/c19-15-5-1-2-6-16(15)23-14-4-8-20-9-11-21(12-10-20)18(22)17-7-3-13-24-17/h1-3,5-7,13H,4,8-12,14H2. The third-order valence-electron chi connectivity index (χ3n) is 4.10. The fourth-order valence-electron chi connectivity index (χ4n) is 2.76. The van der Waals surface area contributed by atoms with Crippen LogP contribution in [0.1, 0.15) is 16.1 Å². The third kappa shape index (κ3) is 4.76. The third-order valence-corrected chi connectivity index (χ3v) is 6.56. The van der Waals surface area contributed by atoms with E-state index in [9.17, 15) is 4.79 Å². The van der Waals surface area contributed by atoms with Gasteiger partial charge in [-0.1, -0.05) is 29.8 Å². The number of thioether (sulfide) groups is 1. The SMILES string of the molecule is O=C(c1cccs1)N1CCN(CCCSc2ccccc2Cl)CC1. The van der Waals surface area contributed by atoms with Crippen LogP contribution in [0.15, 0.2) is 46.7 Å². The van der Waals surface area contributed by atoms with Gasteiger partial charge in [-0.15, -0.1) is 23.1 Å². The highest BCUT2D eigenvalue weighted by Gasteiger charge is 2.22. The topological polar surface area (TPSA) is 23.6 Å². The Morgan fingerprint density at radius 1 is 1.12 bits per heavy atom. The van der Waals surface area contributed by atoms with Crippen molar-refractivity contribution in [1.82, 2.24) is 9.80 Å². The van der Waals surface area contributed by atoms with Gasteiger partial charge in [0.2, 0.25) is 0 Å². The Morgan fingerprint density at radius 3 is 2.62 bits per heavy atom. The van der Waals surface area contributed by atoms with Crippen molar-refractivity contribution in [2.24, 2.45) is 0 Å². The summed E-state index contributed by atoms with van der Waals surface area (Å²) in [6, 6.07) is 11.8. The van der Waals surface area contributed by atoms with E-state index in [1.54, 1.807) is 0 Å². The number of hydrogen-bond acceptors (Lipinski definition) is 4. The molecule has 128 valence electrons. The summed E-state index contributed by atoms with van der Waals surface area (Å²) >= 11 is 9.51. The minimum absolute atomic E-state index is 0.180. The molecule has 0 atom stereocenters. The fourth-order valence-corrected chi connectivity index (χ4v) is 4.63. The summed E-state index contributed by atoms with van der Waals surface area (Å²) in [6.45, 7) is 4.67.